The first-order chi connectivity index (χ1) is 12.1. The molecule has 1 aliphatic heterocycles. The number of aromatic nitrogens is 3. The van der Waals surface area contributed by atoms with Crippen LogP contribution in [-0.4, -0.2) is 43.3 Å². The van der Waals surface area contributed by atoms with E-state index in [9.17, 15) is 9.90 Å². The number of rotatable bonds is 3. The fraction of sp³-hybridized carbons (Fsp3) is 0.188. The zero-order valence-corrected chi connectivity index (χ0v) is 15.1. The Bertz CT molecular complexity index is 964. The van der Waals surface area contributed by atoms with Crippen LogP contribution in [0.2, 0.25) is 10.0 Å². The van der Waals surface area contributed by atoms with E-state index in [0.29, 0.717) is 27.9 Å². The van der Waals surface area contributed by atoms with E-state index >= 15 is 0 Å². The third kappa shape index (κ3) is 2.82. The number of thioether (sulfide) groups is 1. The number of anilines is 1. The highest BCUT2D eigenvalue weighted by Gasteiger charge is 2.33. The van der Waals surface area contributed by atoms with Crippen molar-refractivity contribution in [2.75, 3.05) is 17.2 Å². The molecule has 4 rings (SSSR count). The second-order valence-electron chi connectivity index (χ2n) is 5.48. The highest BCUT2D eigenvalue weighted by Crippen LogP contribution is 2.37. The predicted octanol–water partition coefficient (Wildman–Crippen LogP) is 3.69. The summed E-state index contributed by atoms with van der Waals surface area (Å²) in [6, 6.07) is 5.43. The fourth-order valence-corrected chi connectivity index (χ4v) is 4.30. The number of hydrogen-bond donors (Lipinski definition) is 1. The van der Waals surface area contributed by atoms with Gasteiger partial charge in [-0.3, -0.25) is 0 Å². The third-order valence-electron chi connectivity index (χ3n) is 4.02. The quantitative estimate of drug-likeness (QED) is 0.730. The summed E-state index contributed by atoms with van der Waals surface area (Å²) >= 11 is 13.9. The number of imidazole rings is 1. The molecule has 3 heterocycles. The molecule has 0 spiro atoms. The minimum atomic E-state index is -0.884. The molecule has 0 aliphatic carbocycles. The maximum absolute atomic E-state index is 11.5. The van der Waals surface area contributed by atoms with Crippen LogP contribution >= 0.6 is 35.0 Å². The van der Waals surface area contributed by atoms with Gasteiger partial charge in [0.1, 0.15) is 5.82 Å². The Balaban J connectivity index is 1.97. The second-order valence-corrected chi connectivity index (χ2v) is 7.46. The molecule has 1 saturated heterocycles. The van der Waals surface area contributed by atoms with Gasteiger partial charge >= 0.3 is 5.97 Å². The Kier molecular flexibility index (Phi) is 4.23. The van der Waals surface area contributed by atoms with Crippen molar-refractivity contribution in [3.8, 4) is 5.69 Å². The number of carbonyl (C=O) groups is 1. The first-order valence-corrected chi connectivity index (χ1v) is 9.25. The predicted molar refractivity (Wildman–Crippen MR) is 100 cm³/mol. The Labute approximate surface area is 157 Å². The van der Waals surface area contributed by atoms with Crippen LogP contribution in [0.25, 0.3) is 16.6 Å². The maximum Gasteiger partial charge on any atom is 0.337 e. The molecule has 1 atom stereocenters. The van der Waals surface area contributed by atoms with E-state index < -0.39 is 11.3 Å². The van der Waals surface area contributed by atoms with Gasteiger partial charge in [0.25, 0.3) is 0 Å². The maximum atomic E-state index is 11.5. The van der Waals surface area contributed by atoms with Crippen LogP contribution in [0.5, 0.6) is 0 Å². The Morgan fingerprint density at radius 2 is 2.20 bits per heavy atom. The lowest BCUT2D eigenvalue weighted by atomic mass is 10.1. The van der Waals surface area contributed by atoms with Crippen LogP contribution < -0.4 is 4.90 Å². The number of nitrogens with zero attached hydrogens (tertiary/aromatic N) is 4. The highest BCUT2D eigenvalue weighted by molar-refractivity contribution is 8.01. The SMILES string of the molecule is O=C(O)[C@@H]1SCCN1c1cc(-n2ccnc2)c2ccc(Cl)c(Cl)c2n1. The first-order valence-electron chi connectivity index (χ1n) is 7.44. The first kappa shape index (κ1) is 16.5. The van der Waals surface area contributed by atoms with E-state index in [0.717, 1.165) is 16.8 Å². The number of pyridine rings is 1. The van der Waals surface area contributed by atoms with Crippen LogP contribution in [0, 0.1) is 0 Å². The van der Waals surface area contributed by atoms with Gasteiger partial charge in [-0.05, 0) is 12.1 Å². The van der Waals surface area contributed by atoms with Gasteiger partial charge in [-0.15, -0.1) is 11.8 Å². The number of fused-ring (bicyclic) bond motifs is 1. The molecule has 3 aromatic rings. The topological polar surface area (TPSA) is 71.2 Å². The van der Waals surface area contributed by atoms with Gasteiger partial charge in [-0.1, -0.05) is 23.2 Å². The minimum absolute atomic E-state index is 0.348. The Morgan fingerprint density at radius 1 is 1.36 bits per heavy atom. The highest BCUT2D eigenvalue weighted by atomic mass is 35.5. The molecule has 1 aromatic carbocycles. The summed E-state index contributed by atoms with van der Waals surface area (Å²) in [6.45, 7) is 0.599. The van der Waals surface area contributed by atoms with Gasteiger partial charge in [0.05, 0.1) is 27.6 Å². The molecular weight excluding hydrogens is 383 g/mol. The van der Waals surface area contributed by atoms with Gasteiger partial charge in [-0.2, -0.15) is 0 Å². The van der Waals surface area contributed by atoms with Crippen LogP contribution in [-0.2, 0) is 4.79 Å². The second kappa shape index (κ2) is 6.40. The van der Waals surface area contributed by atoms with Crippen molar-refractivity contribution in [3.05, 3.63) is 47.0 Å². The monoisotopic (exact) mass is 394 g/mol. The Hall–Kier alpha value is -1.96. The number of carboxylic acid groups (broad SMARTS) is 1. The van der Waals surface area contributed by atoms with Crippen molar-refractivity contribution in [1.82, 2.24) is 14.5 Å². The molecule has 128 valence electrons. The molecule has 9 heteroatoms. The molecule has 6 nitrogen and oxygen atoms in total. The van der Waals surface area contributed by atoms with E-state index in [1.165, 1.54) is 11.8 Å². The van der Waals surface area contributed by atoms with Gasteiger partial charge in [0.15, 0.2) is 5.37 Å². The van der Waals surface area contributed by atoms with Crippen molar-refractivity contribution in [3.63, 3.8) is 0 Å². The van der Waals surface area contributed by atoms with Crippen molar-refractivity contribution >= 4 is 57.7 Å². The van der Waals surface area contributed by atoms with Crippen LogP contribution in [0.4, 0.5) is 5.82 Å². The molecule has 1 fully saturated rings. The average Bonchev–Trinajstić information content (AvgIpc) is 3.28. The van der Waals surface area contributed by atoms with E-state index in [2.05, 4.69) is 9.97 Å². The number of carboxylic acids is 1. The molecule has 0 amide bonds. The minimum Gasteiger partial charge on any atom is -0.479 e. The van der Waals surface area contributed by atoms with Crippen molar-refractivity contribution in [1.29, 1.82) is 0 Å². The summed E-state index contributed by atoms with van der Waals surface area (Å²) in [6.07, 6.45) is 5.16. The summed E-state index contributed by atoms with van der Waals surface area (Å²) in [7, 11) is 0. The lowest BCUT2D eigenvalue weighted by molar-refractivity contribution is -0.136. The smallest absolute Gasteiger partial charge is 0.337 e. The average molecular weight is 395 g/mol. The standard InChI is InChI=1S/C16H12Cl2N4O2S/c17-10-2-1-9-11(21-4-3-19-8-21)7-12(20-14(9)13(10)18)22-5-6-25-15(22)16(23)24/h1-4,7-8,15H,5-6H2,(H,23,24)/t15-/m0/s1. The molecule has 0 saturated carbocycles. The van der Waals surface area contributed by atoms with E-state index in [4.69, 9.17) is 23.2 Å². The van der Waals surface area contributed by atoms with Gasteiger partial charge in [0.2, 0.25) is 0 Å². The molecule has 2 aromatic heterocycles. The summed E-state index contributed by atoms with van der Waals surface area (Å²) in [5, 5.41) is 10.4. The van der Waals surface area contributed by atoms with Gasteiger partial charge in [0, 0.05) is 36.1 Å². The molecule has 0 unspecified atom stereocenters. The van der Waals surface area contributed by atoms with Gasteiger partial charge < -0.3 is 14.6 Å². The van der Waals surface area contributed by atoms with Gasteiger partial charge in [-0.25, -0.2) is 14.8 Å². The summed E-state index contributed by atoms with van der Waals surface area (Å²) < 4.78 is 1.84. The van der Waals surface area contributed by atoms with Crippen molar-refractivity contribution < 1.29 is 9.90 Å². The summed E-state index contributed by atoms with van der Waals surface area (Å²) in [5.41, 5.74) is 1.36. The lowest BCUT2D eigenvalue weighted by Gasteiger charge is -2.23. The van der Waals surface area contributed by atoms with E-state index in [1.807, 2.05) is 22.9 Å². The largest absolute Gasteiger partial charge is 0.479 e. The zero-order chi connectivity index (χ0) is 17.6. The van der Waals surface area contributed by atoms with Crippen LogP contribution in [0.3, 0.4) is 0 Å². The number of halogens is 2. The molecular formula is C16H12Cl2N4O2S. The fourth-order valence-electron chi connectivity index (χ4n) is 2.87. The number of aliphatic carboxylic acids is 1. The lowest BCUT2D eigenvalue weighted by Crippen LogP contribution is -2.35. The number of hydrogen-bond acceptors (Lipinski definition) is 5. The molecule has 0 bridgehead atoms. The summed E-state index contributed by atoms with van der Waals surface area (Å²) in [5.74, 6) is 0.393. The molecule has 25 heavy (non-hydrogen) atoms. The molecule has 0 radical (unpaired) electrons. The molecule has 1 N–H and O–H groups in total. The van der Waals surface area contributed by atoms with Crippen LogP contribution in [0.15, 0.2) is 36.9 Å². The molecule has 1 aliphatic rings. The number of benzene rings is 1. The van der Waals surface area contributed by atoms with Crippen LogP contribution in [0.1, 0.15) is 0 Å². The summed E-state index contributed by atoms with van der Waals surface area (Å²) in [4.78, 5) is 22.0. The normalized spacial score (nSPS) is 17.4. The van der Waals surface area contributed by atoms with Crippen molar-refractivity contribution in [2.24, 2.45) is 0 Å². The van der Waals surface area contributed by atoms with E-state index in [1.54, 1.807) is 23.5 Å². The van der Waals surface area contributed by atoms with E-state index in [-0.39, 0.29) is 0 Å². The Morgan fingerprint density at radius 3 is 2.92 bits per heavy atom. The van der Waals surface area contributed by atoms with Crippen molar-refractivity contribution in [2.45, 2.75) is 5.37 Å². The zero-order valence-electron chi connectivity index (χ0n) is 12.8. The third-order valence-corrected chi connectivity index (χ3v) is 6.00.